The summed E-state index contributed by atoms with van der Waals surface area (Å²) in [5.41, 5.74) is 6.87. The molecule has 0 bridgehead atoms. The van der Waals surface area contributed by atoms with Crippen LogP contribution in [0.3, 0.4) is 0 Å². The van der Waals surface area contributed by atoms with Gasteiger partial charge in [-0.25, -0.2) is 0 Å². The number of aryl methyl sites for hydroxylation is 3. The summed E-state index contributed by atoms with van der Waals surface area (Å²) in [4.78, 5) is 14.3. The molecule has 140 valence electrons. The van der Waals surface area contributed by atoms with Crippen LogP contribution >= 0.6 is 0 Å². The molecule has 27 heavy (non-hydrogen) atoms. The Labute approximate surface area is 160 Å². The zero-order chi connectivity index (χ0) is 19.9. The van der Waals surface area contributed by atoms with E-state index in [0.29, 0.717) is 11.3 Å². The molecule has 0 radical (unpaired) electrons. The summed E-state index contributed by atoms with van der Waals surface area (Å²) in [7, 11) is 3.61. The molecular formula is C22H26N4O. The molecule has 1 atom stereocenters. The third kappa shape index (κ3) is 3.10. The van der Waals surface area contributed by atoms with Gasteiger partial charge in [-0.15, -0.1) is 0 Å². The predicted molar refractivity (Wildman–Crippen MR) is 111 cm³/mol. The molecule has 1 aliphatic rings. The Hall–Kier alpha value is -3.08. The Morgan fingerprint density at radius 2 is 1.85 bits per heavy atom. The van der Waals surface area contributed by atoms with E-state index >= 15 is 0 Å². The quantitative estimate of drug-likeness (QED) is 0.817. The van der Waals surface area contributed by atoms with Crippen molar-refractivity contribution in [2.45, 2.75) is 26.8 Å². The number of hydrogen-bond donors (Lipinski definition) is 2. The van der Waals surface area contributed by atoms with Crippen molar-refractivity contribution in [2.75, 3.05) is 11.9 Å². The summed E-state index contributed by atoms with van der Waals surface area (Å²) in [6.45, 7) is 9.97. The molecule has 1 aromatic carbocycles. The maximum atomic E-state index is 12.2. The number of pyridine rings is 1. The molecule has 1 unspecified atom stereocenters. The van der Waals surface area contributed by atoms with Crippen LogP contribution < -0.4 is 15.8 Å². The molecule has 2 aromatic rings. The molecule has 1 aliphatic heterocycles. The average Bonchev–Trinajstić information content (AvgIpc) is 2.92. The standard InChI is InChI=1S/C22H26N4O/c1-13-7-9-17(10-8-13)21-19(15(3)23)20(24-5)16(4)26(21)18-11-14(2)22(27)25(6)12-18/h7-12,21,23-24H,4H2,1-3,5-6H3. The molecule has 2 N–H and O–H groups in total. The van der Waals surface area contributed by atoms with Crippen molar-refractivity contribution in [1.29, 1.82) is 5.41 Å². The first-order valence-electron chi connectivity index (χ1n) is 8.96. The molecule has 1 aromatic heterocycles. The van der Waals surface area contributed by atoms with E-state index in [2.05, 4.69) is 48.0 Å². The van der Waals surface area contributed by atoms with Gasteiger partial charge in [0.15, 0.2) is 0 Å². The molecule has 0 fully saturated rings. The summed E-state index contributed by atoms with van der Waals surface area (Å²) >= 11 is 0. The first-order chi connectivity index (χ1) is 12.8. The van der Waals surface area contributed by atoms with Gasteiger partial charge in [-0.1, -0.05) is 36.4 Å². The smallest absolute Gasteiger partial charge is 0.253 e. The van der Waals surface area contributed by atoms with E-state index in [-0.39, 0.29) is 11.6 Å². The lowest BCUT2D eigenvalue weighted by Gasteiger charge is -2.30. The molecule has 0 amide bonds. The molecule has 0 saturated heterocycles. The number of aromatic nitrogens is 1. The lowest BCUT2D eigenvalue weighted by molar-refractivity contribution is 0.800. The zero-order valence-electron chi connectivity index (χ0n) is 16.6. The van der Waals surface area contributed by atoms with Crippen LogP contribution in [0.15, 0.2) is 64.9 Å². The van der Waals surface area contributed by atoms with E-state index in [1.165, 1.54) is 5.56 Å². The van der Waals surface area contributed by atoms with Gasteiger partial charge in [-0.2, -0.15) is 0 Å². The van der Waals surface area contributed by atoms with Crippen molar-refractivity contribution in [1.82, 2.24) is 9.88 Å². The van der Waals surface area contributed by atoms with Gasteiger partial charge in [0.2, 0.25) is 0 Å². The second-order valence-corrected chi connectivity index (χ2v) is 7.09. The van der Waals surface area contributed by atoms with Gasteiger partial charge >= 0.3 is 0 Å². The molecule has 0 spiro atoms. The first kappa shape index (κ1) is 18.7. The van der Waals surface area contributed by atoms with E-state index in [1.807, 2.05) is 26.2 Å². The van der Waals surface area contributed by atoms with Crippen LogP contribution in [0.5, 0.6) is 0 Å². The van der Waals surface area contributed by atoms with E-state index in [4.69, 9.17) is 5.41 Å². The monoisotopic (exact) mass is 362 g/mol. The molecular weight excluding hydrogens is 336 g/mol. The fourth-order valence-electron chi connectivity index (χ4n) is 3.73. The lowest BCUT2D eigenvalue weighted by Crippen LogP contribution is -2.28. The highest BCUT2D eigenvalue weighted by atomic mass is 16.1. The van der Waals surface area contributed by atoms with Gasteiger partial charge < -0.3 is 20.2 Å². The third-order valence-electron chi connectivity index (χ3n) is 5.05. The second kappa shape index (κ2) is 6.91. The summed E-state index contributed by atoms with van der Waals surface area (Å²) in [6, 6.07) is 10.1. The fourth-order valence-corrected chi connectivity index (χ4v) is 3.73. The SMILES string of the molecule is C=C1C(NC)=C(C(C)=N)C(c2ccc(C)cc2)N1c1cc(C)c(=O)n(C)c1. The normalized spacial score (nSPS) is 16.9. The minimum atomic E-state index is -0.171. The minimum absolute atomic E-state index is 0.0132. The van der Waals surface area contributed by atoms with Crippen molar-refractivity contribution >= 4 is 11.4 Å². The lowest BCUT2D eigenvalue weighted by atomic mass is 9.95. The summed E-state index contributed by atoms with van der Waals surface area (Å²) in [6.07, 6.45) is 1.83. The fraction of sp³-hybridized carbons (Fsp3) is 0.273. The predicted octanol–water partition coefficient (Wildman–Crippen LogP) is 3.59. The van der Waals surface area contributed by atoms with Gasteiger partial charge in [0.05, 0.1) is 23.1 Å². The van der Waals surface area contributed by atoms with Crippen LogP contribution in [0.1, 0.15) is 29.7 Å². The minimum Gasteiger partial charge on any atom is -0.386 e. The Kier molecular flexibility index (Phi) is 4.79. The molecule has 0 saturated carbocycles. The number of nitrogens with one attached hydrogen (secondary N) is 2. The number of nitrogens with zero attached hydrogens (tertiary/aromatic N) is 2. The van der Waals surface area contributed by atoms with Gasteiger partial charge in [0, 0.05) is 37.1 Å². The highest BCUT2D eigenvalue weighted by Gasteiger charge is 2.38. The zero-order valence-corrected chi connectivity index (χ0v) is 16.6. The van der Waals surface area contributed by atoms with E-state index in [1.54, 1.807) is 18.5 Å². The van der Waals surface area contributed by atoms with Crippen molar-refractivity contribution in [2.24, 2.45) is 7.05 Å². The highest BCUT2D eigenvalue weighted by molar-refractivity contribution is 6.01. The van der Waals surface area contributed by atoms with Crippen molar-refractivity contribution in [3.63, 3.8) is 0 Å². The van der Waals surface area contributed by atoms with Gasteiger partial charge in [-0.3, -0.25) is 4.79 Å². The van der Waals surface area contributed by atoms with Crippen LogP contribution in [0.2, 0.25) is 0 Å². The Balaban J connectivity index is 2.25. The van der Waals surface area contributed by atoms with Crippen LogP contribution in [-0.2, 0) is 7.05 Å². The van der Waals surface area contributed by atoms with Gasteiger partial charge in [-0.05, 0) is 32.4 Å². The van der Waals surface area contributed by atoms with Gasteiger partial charge in [0.1, 0.15) is 0 Å². The van der Waals surface area contributed by atoms with Crippen LogP contribution in [0.25, 0.3) is 0 Å². The van der Waals surface area contributed by atoms with Crippen molar-refractivity contribution in [3.05, 3.63) is 87.1 Å². The van der Waals surface area contributed by atoms with E-state index < -0.39 is 0 Å². The summed E-state index contributed by atoms with van der Waals surface area (Å²) in [5.74, 6) is 0. The second-order valence-electron chi connectivity index (χ2n) is 7.09. The molecule has 5 heteroatoms. The maximum Gasteiger partial charge on any atom is 0.253 e. The number of rotatable bonds is 4. The molecule has 5 nitrogen and oxygen atoms in total. The third-order valence-corrected chi connectivity index (χ3v) is 5.05. The number of anilines is 1. The summed E-state index contributed by atoms with van der Waals surface area (Å²) < 4.78 is 1.60. The maximum absolute atomic E-state index is 12.2. The molecule has 3 rings (SSSR count). The topological polar surface area (TPSA) is 61.1 Å². The Morgan fingerprint density at radius 1 is 1.22 bits per heavy atom. The van der Waals surface area contributed by atoms with E-state index in [0.717, 1.165) is 28.2 Å². The van der Waals surface area contributed by atoms with E-state index in [9.17, 15) is 4.79 Å². The Bertz CT molecular complexity index is 985. The van der Waals surface area contributed by atoms with Gasteiger partial charge in [0.25, 0.3) is 5.56 Å². The number of likely N-dealkylation sites (N-methyl/N-ethyl adjacent to an activating group) is 1. The van der Waals surface area contributed by atoms with Crippen LogP contribution in [0.4, 0.5) is 5.69 Å². The van der Waals surface area contributed by atoms with Crippen molar-refractivity contribution in [3.8, 4) is 0 Å². The highest BCUT2D eigenvalue weighted by Crippen LogP contribution is 2.44. The summed E-state index contributed by atoms with van der Waals surface area (Å²) in [5, 5.41) is 11.6. The van der Waals surface area contributed by atoms with Crippen LogP contribution in [-0.4, -0.2) is 17.3 Å². The largest absolute Gasteiger partial charge is 0.386 e. The molecule has 2 heterocycles. The average molecular weight is 362 g/mol. The molecule has 0 aliphatic carbocycles. The first-order valence-corrected chi connectivity index (χ1v) is 8.96. The number of benzene rings is 1. The van der Waals surface area contributed by atoms with Crippen molar-refractivity contribution < 1.29 is 0 Å². The number of hydrogen-bond acceptors (Lipinski definition) is 4. The van der Waals surface area contributed by atoms with Crippen LogP contribution in [0, 0.1) is 19.3 Å². The Morgan fingerprint density at radius 3 is 2.37 bits per heavy atom.